The lowest BCUT2D eigenvalue weighted by molar-refractivity contribution is -0.146. The first-order valence-electron chi connectivity index (χ1n) is 11.0. The lowest BCUT2D eigenvalue weighted by atomic mass is 10.2. The van der Waals surface area contributed by atoms with Gasteiger partial charge in [0.15, 0.2) is 0 Å². The quantitative estimate of drug-likeness (QED) is 0.0680. The third-order valence-electron chi connectivity index (χ3n) is 3.85. The predicted molar refractivity (Wildman–Crippen MR) is 125 cm³/mol. The Morgan fingerprint density at radius 2 is 0.871 bits per heavy atom. The largest absolute Gasteiger partial charge is 0.467 e. The maximum absolute atomic E-state index is 10.8. The number of unbranched alkanes of at least 4 members (excludes halogenated alkanes) is 3. The second kappa shape index (κ2) is 28.0. The van der Waals surface area contributed by atoms with Gasteiger partial charge in [0.25, 0.3) is 0 Å². The average Bonchev–Trinajstić information content (AvgIpc) is 2.78. The fourth-order valence-corrected chi connectivity index (χ4v) is 2.73. The average molecular weight is 564 g/mol. The van der Waals surface area contributed by atoms with Crippen molar-refractivity contribution in [1.29, 1.82) is 0 Å². The zero-order chi connectivity index (χ0) is 22.7. The number of esters is 1. The van der Waals surface area contributed by atoms with Gasteiger partial charge in [-0.1, -0.05) is 35.4 Å². The van der Waals surface area contributed by atoms with E-state index >= 15 is 0 Å². The first-order chi connectivity index (χ1) is 15.3. The summed E-state index contributed by atoms with van der Waals surface area (Å²) in [4.78, 5) is 10.8. The Labute approximate surface area is 200 Å². The zero-order valence-corrected chi connectivity index (χ0v) is 21.1. The van der Waals surface area contributed by atoms with Gasteiger partial charge in [0.05, 0.1) is 86.4 Å². The molecule has 0 amide bonds. The van der Waals surface area contributed by atoms with Gasteiger partial charge in [-0.3, -0.25) is 0 Å². The molecule has 0 saturated carbocycles. The van der Waals surface area contributed by atoms with E-state index in [2.05, 4.69) is 27.3 Å². The Hall–Kier alpha value is -0.0800. The molecule has 0 unspecified atom stereocenters. The standard InChI is InChI=1S/C21H41IO9/c1-24-21(23)20-31-19-18-30-17-16-29-15-14-28-13-12-27-11-10-26-9-8-25-7-5-3-2-4-6-22/h2-20H2,1H3. The molecule has 9 nitrogen and oxygen atoms in total. The van der Waals surface area contributed by atoms with E-state index in [1.165, 1.54) is 30.8 Å². The Bertz CT molecular complexity index is 362. The lowest BCUT2D eigenvalue weighted by Gasteiger charge is -2.08. The number of halogens is 1. The number of carbonyl (C=O) groups excluding carboxylic acids is 1. The molecule has 0 aliphatic rings. The highest BCUT2D eigenvalue weighted by Gasteiger charge is 1.99. The molecule has 0 spiro atoms. The van der Waals surface area contributed by atoms with E-state index < -0.39 is 5.97 Å². The predicted octanol–water partition coefficient (Wildman–Crippen LogP) is 2.27. The molecule has 0 aromatic heterocycles. The Morgan fingerprint density at radius 3 is 1.26 bits per heavy atom. The van der Waals surface area contributed by atoms with Crippen LogP contribution in [0.2, 0.25) is 0 Å². The number of rotatable bonds is 26. The van der Waals surface area contributed by atoms with Crippen molar-refractivity contribution >= 4 is 28.6 Å². The van der Waals surface area contributed by atoms with E-state index in [0.29, 0.717) is 79.3 Å². The Morgan fingerprint density at radius 1 is 0.516 bits per heavy atom. The fourth-order valence-electron chi connectivity index (χ4n) is 2.19. The van der Waals surface area contributed by atoms with Crippen LogP contribution in [-0.2, 0) is 42.7 Å². The molecule has 0 N–H and O–H groups in total. The first kappa shape index (κ1) is 30.9. The first-order valence-corrected chi connectivity index (χ1v) is 12.5. The minimum Gasteiger partial charge on any atom is -0.467 e. The molecule has 0 fully saturated rings. The maximum atomic E-state index is 10.8. The molecule has 31 heavy (non-hydrogen) atoms. The monoisotopic (exact) mass is 564 g/mol. The van der Waals surface area contributed by atoms with Gasteiger partial charge < -0.3 is 37.9 Å². The number of hydrogen-bond acceptors (Lipinski definition) is 9. The molecule has 0 aliphatic heterocycles. The second-order valence-corrected chi connectivity index (χ2v) is 7.48. The number of hydrogen-bond donors (Lipinski definition) is 0. The van der Waals surface area contributed by atoms with Gasteiger partial charge in [-0.15, -0.1) is 0 Å². The highest BCUT2D eigenvalue weighted by atomic mass is 127. The molecule has 0 aromatic rings. The van der Waals surface area contributed by atoms with Crippen LogP contribution in [0, 0.1) is 0 Å². The zero-order valence-electron chi connectivity index (χ0n) is 19.0. The van der Waals surface area contributed by atoms with Crippen molar-refractivity contribution in [3.63, 3.8) is 0 Å². The van der Waals surface area contributed by atoms with E-state index in [9.17, 15) is 4.79 Å². The molecule has 0 rings (SSSR count). The number of ether oxygens (including phenoxy) is 8. The summed E-state index contributed by atoms with van der Waals surface area (Å²) in [5.41, 5.74) is 0. The minimum atomic E-state index is -0.397. The van der Waals surface area contributed by atoms with E-state index in [4.69, 9.17) is 33.2 Å². The Balaban J connectivity index is 3.01. The number of methoxy groups -OCH3 is 1. The summed E-state index contributed by atoms with van der Waals surface area (Å²) in [5, 5.41) is 0. The van der Waals surface area contributed by atoms with E-state index in [1.54, 1.807) is 0 Å². The van der Waals surface area contributed by atoms with Crippen molar-refractivity contribution in [1.82, 2.24) is 0 Å². The van der Waals surface area contributed by atoms with Gasteiger partial charge in [-0.05, 0) is 17.3 Å². The lowest BCUT2D eigenvalue weighted by Crippen LogP contribution is -2.15. The molecule has 186 valence electrons. The van der Waals surface area contributed by atoms with Gasteiger partial charge >= 0.3 is 5.97 Å². The molecule has 10 heteroatoms. The fraction of sp³-hybridized carbons (Fsp3) is 0.952. The highest BCUT2D eigenvalue weighted by molar-refractivity contribution is 14.1. The van der Waals surface area contributed by atoms with Crippen molar-refractivity contribution in [3.8, 4) is 0 Å². The molecule has 0 aliphatic carbocycles. The summed E-state index contributed by atoms with van der Waals surface area (Å²) in [6, 6.07) is 0. The molecule has 0 heterocycles. The summed E-state index contributed by atoms with van der Waals surface area (Å²) in [7, 11) is 1.32. The normalized spacial score (nSPS) is 11.2. The third kappa shape index (κ3) is 27.9. The molecular weight excluding hydrogens is 523 g/mol. The van der Waals surface area contributed by atoms with Gasteiger partial charge in [0, 0.05) is 6.61 Å². The molecular formula is C21H41IO9. The Kier molecular flexibility index (Phi) is 27.9. The van der Waals surface area contributed by atoms with Crippen molar-refractivity contribution in [3.05, 3.63) is 0 Å². The summed E-state index contributed by atoms with van der Waals surface area (Å²) in [6.07, 6.45) is 4.98. The molecule has 0 bridgehead atoms. The SMILES string of the molecule is COC(=O)COCCOCCOCCOCCOCCOCCOCCCCCCI. The molecule has 0 aromatic carbocycles. The topological polar surface area (TPSA) is 90.9 Å². The summed E-state index contributed by atoms with van der Waals surface area (Å²) < 4.78 is 43.3. The smallest absolute Gasteiger partial charge is 0.331 e. The summed E-state index contributed by atoms with van der Waals surface area (Å²) in [5.74, 6) is -0.397. The van der Waals surface area contributed by atoms with Crippen molar-refractivity contribution in [2.45, 2.75) is 25.7 Å². The van der Waals surface area contributed by atoms with Crippen LogP contribution >= 0.6 is 22.6 Å². The van der Waals surface area contributed by atoms with Crippen LogP contribution in [0.25, 0.3) is 0 Å². The minimum absolute atomic E-state index is 0.0570. The highest BCUT2D eigenvalue weighted by Crippen LogP contribution is 2.02. The van der Waals surface area contributed by atoms with E-state index in [-0.39, 0.29) is 6.61 Å². The van der Waals surface area contributed by atoms with Crippen molar-refractivity contribution in [2.24, 2.45) is 0 Å². The van der Waals surface area contributed by atoms with Crippen LogP contribution in [0.15, 0.2) is 0 Å². The van der Waals surface area contributed by atoms with Crippen LogP contribution in [0.1, 0.15) is 25.7 Å². The van der Waals surface area contributed by atoms with Crippen molar-refractivity contribution < 1.29 is 42.7 Å². The summed E-state index contributed by atoms with van der Waals surface area (Å²) >= 11 is 2.41. The van der Waals surface area contributed by atoms with Gasteiger partial charge in [-0.25, -0.2) is 4.79 Å². The van der Waals surface area contributed by atoms with Crippen LogP contribution < -0.4 is 0 Å². The number of alkyl halides is 1. The maximum Gasteiger partial charge on any atom is 0.331 e. The van der Waals surface area contributed by atoms with E-state index in [0.717, 1.165) is 13.0 Å². The van der Waals surface area contributed by atoms with Gasteiger partial charge in [0.2, 0.25) is 0 Å². The third-order valence-corrected chi connectivity index (χ3v) is 4.61. The summed E-state index contributed by atoms with van der Waals surface area (Å²) in [6.45, 7) is 6.91. The van der Waals surface area contributed by atoms with Gasteiger partial charge in [-0.2, -0.15) is 0 Å². The molecule has 0 saturated heterocycles. The molecule has 0 atom stereocenters. The van der Waals surface area contributed by atoms with Crippen LogP contribution in [0.3, 0.4) is 0 Å². The second-order valence-electron chi connectivity index (χ2n) is 6.41. The van der Waals surface area contributed by atoms with Crippen LogP contribution in [0.5, 0.6) is 0 Å². The van der Waals surface area contributed by atoms with E-state index in [1.807, 2.05) is 0 Å². The number of carbonyl (C=O) groups is 1. The van der Waals surface area contributed by atoms with Gasteiger partial charge in [0.1, 0.15) is 6.61 Å². The van der Waals surface area contributed by atoms with Crippen LogP contribution in [-0.4, -0.2) is 110 Å². The molecule has 0 radical (unpaired) electrons. The van der Waals surface area contributed by atoms with Crippen molar-refractivity contribution in [2.75, 3.05) is 104 Å². The van der Waals surface area contributed by atoms with Crippen LogP contribution in [0.4, 0.5) is 0 Å².